The highest BCUT2D eigenvalue weighted by Gasteiger charge is 2.15. The first kappa shape index (κ1) is 10.6. The number of methoxy groups -OCH3 is 1. The first-order valence-corrected chi connectivity index (χ1v) is 4.45. The minimum absolute atomic E-state index is 0.188. The fourth-order valence-corrected chi connectivity index (χ4v) is 1.16. The summed E-state index contributed by atoms with van der Waals surface area (Å²) in [6.45, 7) is 4.87. The Morgan fingerprint density at radius 3 is 2.86 bits per heavy atom. The van der Waals surface area contributed by atoms with Gasteiger partial charge in [0.1, 0.15) is 0 Å². The monoisotopic (exact) mass is 197 g/mol. The van der Waals surface area contributed by atoms with Crippen LogP contribution in [0.15, 0.2) is 6.20 Å². The second-order valence-corrected chi connectivity index (χ2v) is 3.54. The Bertz CT molecular complexity index is 331. The van der Waals surface area contributed by atoms with Gasteiger partial charge in [0, 0.05) is 12.7 Å². The maximum atomic E-state index is 11.2. The van der Waals surface area contributed by atoms with Crippen LogP contribution in [0.4, 0.5) is 5.69 Å². The molecule has 78 valence electrons. The van der Waals surface area contributed by atoms with Crippen molar-refractivity contribution in [3.63, 3.8) is 0 Å². The minimum atomic E-state index is -0.495. The first-order valence-electron chi connectivity index (χ1n) is 4.45. The number of hydrogen-bond acceptors (Lipinski definition) is 4. The summed E-state index contributed by atoms with van der Waals surface area (Å²) < 4.78 is 6.20. The maximum Gasteiger partial charge on any atom is 0.360 e. The lowest BCUT2D eigenvalue weighted by molar-refractivity contribution is 0.0594. The summed E-state index contributed by atoms with van der Waals surface area (Å²) in [6.07, 6.45) is 1.65. The highest BCUT2D eigenvalue weighted by Crippen LogP contribution is 2.11. The fraction of sp³-hybridized carbons (Fsp3) is 0.556. The van der Waals surface area contributed by atoms with Crippen molar-refractivity contribution in [3.05, 3.63) is 11.9 Å². The standard InChI is InChI=1S/C9H15N3O2/c1-6(2)4-12-5-7(10)8(11-12)9(13)14-3/h5-6H,4,10H2,1-3H3. The van der Waals surface area contributed by atoms with Crippen LogP contribution in [0, 0.1) is 5.92 Å². The van der Waals surface area contributed by atoms with Gasteiger partial charge in [0.15, 0.2) is 5.69 Å². The predicted octanol–water partition coefficient (Wildman–Crippen LogP) is 0.908. The van der Waals surface area contributed by atoms with Gasteiger partial charge < -0.3 is 10.5 Å². The van der Waals surface area contributed by atoms with Crippen molar-refractivity contribution in [2.45, 2.75) is 20.4 Å². The van der Waals surface area contributed by atoms with E-state index >= 15 is 0 Å². The second-order valence-electron chi connectivity index (χ2n) is 3.54. The molecule has 1 rings (SSSR count). The normalized spacial score (nSPS) is 10.6. The zero-order valence-electron chi connectivity index (χ0n) is 8.65. The molecule has 1 aromatic rings. The van der Waals surface area contributed by atoms with Gasteiger partial charge in [-0.15, -0.1) is 0 Å². The summed E-state index contributed by atoms with van der Waals surface area (Å²) in [6, 6.07) is 0. The summed E-state index contributed by atoms with van der Waals surface area (Å²) in [5.41, 5.74) is 6.16. The molecule has 0 aliphatic heterocycles. The molecule has 0 aromatic carbocycles. The van der Waals surface area contributed by atoms with Crippen LogP contribution in [0.1, 0.15) is 24.3 Å². The van der Waals surface area contributed by atoms with Gasteiger partial charge in [0.05, 0.1) is 12.8 Å². The number of aromatic nitrogens is 2. The van der Waals surface area contributed by atoms with E-state index in [1.165, 1.54) is 7.11 Å². The van der Waals surface area contributed by atoms with E-state index in [0.717, 1.165) is 6.54 Å². The van der Waals surface area contributed by atoms with Crippen molar-refractivity contribution < 1.29 is 9.53 Å². The number of carbonyl (C=O) groups is 1. The Kier molecular flexibility index (Phi) is 3.11. The molecule has 14 heavy (non-hydrogen) atoms. The van der Waals surface area contributed by atoms with Gasteiger partial charge in [0.2, 0.25) is 0 Å². The van der Waals surface area contributed by atoms with Crippen molar-refractivity contribution in [1.82, 2.24) is 9.78 Å². The van der Waals surface area contributed by atoms with E-state index < -0.39 is 5.97 Å². The number of hydrogen-bond donors (Lipinski definition) is 1. The van der Waals surface area contributed by atoms with E-state index in [1.54, 1.807) is 10.9 Å². The van der Waals surface area contributed by atoms with E-state index in [4.69, 9.17) is 5.73 Å². The average molecular weight is 197 g/mol. The van der Waals surface area contributed by atoms with Gasteiger partial charge in [-0.3, -0.25) is 4.68 Å². The summed E-state index contributed by atoms with van der Waals surface area (Å²) in [7, 11) is 1.31. The molecule has 0 radical (unpaired) electrons. The topological polar surface area (TPSA) is 70.1 Å². The van der Waals surface area contributed by atoms with E-state index in [0.29, 0.717) is 11.6 Å². The Hall–Kier alpha value is -1.52. The van der Waals surface area contributed by atoms with Crippen molar-refractivity contribution in [2.75, 3.05) is 12.8 Å². The molecule has 0 aliphatic carbocycles. The quantitative estimate of drug-likeness (QED) is 0.731. The number of ether oxygens (including phenoxy) is 1. The number of carbonyl (C=O) groups excluding carboxylic acids is 1. The smallest absolute Gasteiger partial charge is 0.360 e. The third-order valence-electron chi connectivity index (χ3n) is 1.72. The zero-order valence-corrected chi connectivity index (χ0v) is 8.65. The van der Waals surface area contributed by atoms with Crippen LogP contribution >= 0.6 is 0 Å². The molecule has 0 amide bonds. The Morgan fingerprint density at radius 1 is 1.71 bits per heavy atom. The summed E-state index contributed by atoms with van der Waals surface area (Å²) in [5.74, 6) is -0.0372. The molecule has 0 saturated heterocycles. The number of nitrogens with two attached hydrogens (primary N) is 1. The molecule has 0 atom stereocenters. The summed E-state index contributed by atoms with van der Waals surface area (Å²) in [5, 5.41) is 4.04. The number of esters is 1. The lowest BCUT2D eigenvalue weighted by Crippen LogP contribution is -2.08. The number of nitrogens with zero attached hydrogens (tertiary/aromatic N) is 2. The molecule has 0 aliphatic rings. The molecule has 5 heteroatoms. The van der Waals surface area contributed by atoms with E-state index in [-0.39, 0.29) is 5.69 Å². The van der Waals surface area contributed by atoms with Crippen LogP contribution in [0.2, 0.25) is 0 Å². The largest absolute Gasteiger partial charge is 0.464 e. The molecule has 1 heterocycles. The van der Waals surface area contributed by atoms with Crippen molar-refractivity contribution in [1.29, 1.82) is 0 Å². The van der Waals surface area contributed by atoms with Crippen LogP contribution in [0.3, 0.4) is 0 Å². The van der Waals surface area contributed by atoms with Crippen molar-refractivity contribution >= 4 is 11.7 Å². The highest BCUT2D eigenvalue weighted by atomic mass is 16.5. The molecule has 0 spiro atoms. The summed E-state index contributed by atoms with van der Waals surface area (Å²) >= 11 is 0. The van der Waals surface area contributed by atoms with E-state index in [2.05, 4.69) is 23.7 Å². The number of anilines is 1. The van der Waals surface area contributed by atoms with E-state index in [1.807, 2.05) is 0 Å². The van der Waals surface area contributed by atoms with Crippen LogP contribution in [0.5, 0.6) is 0 Å². The van der Waals surface area contributed by atoms with Gasteiger partial charge in [-0.05, 0) is 5.92 Å². The predicted molar refractivity (Wildman–Crippen MR) is 52.8 cm³/mol. The van der Waals surface area contributed by atoms with Gasteiger partial charge in [-0.25, -0.2) is 4.79 Å². The molecule has 1 aromatic heterocycles. The Balaban J connectivity index is 2.87. The van der Waals surface area contributed by atoms with Crippen LogP contribution in [0.25, 0.3) is 0 Å². The Morgan fingerprint density at radius 2 is 2.36 bits per heavy atom. The molecular weight excluding hydrogens is 182 g/mol. The molecule has 0 bridgehead atoms. The van der Waals surface area contributed by atoms with Gasteiger partial charge >= 0.3 is 5.97 Å². The number of rotatable bonds is 3. The Labute approximate surface area is 82.8 Å². The molecular formula is C9H15N3O2. The summed E-state index contributed by atoms with van der Waals surface area (Å²) in [4.78, 5) is 11.2. The zero-order chi connectivity index (χ0) is 10.7. The lowest BCUT2D eigenvalue weighted by atomic mass is 10.2. The third kappa shape index (κ3) is 2.25. The van der Waals surface area contributed by atoms with Crippen molar-refractivity contribution in [3.8, 4) is 0 Å². The molecule has 5 nitrogen and oxygen atoms in total. The van der Waals surface area contributed by atoms with Crippen LogP contribution < -0.4 is 5.73 Å². The molecule has 0 saturated carbocycles. The van der Waals surface area contributed by atoms with Crippen LogP contribution in [-0.4, -0.2) is 22.9 Å². The maximum absolute atomic E-state index is 11.2. The molecule has 0 unspecified atom stereocenters. The molecule has 2 N–H and O–H groups in total. The lowest BCUT2D eigenvalue weighted by Gasteiger charge is -2.03. The van der Waals surface area contributed by atoms with Crippen LogP contribution in [-0.2, 0) is 11.3 Å². The highest BCUT2D eigenvalue weighted by molar-refractivity contribution is 5.92. The van der Waals surface area contributed by atoms with Gasteiger partial charge in [-0.1, -0.05) is 13.8 Å². The van der Waals surface area contributed by atoms with Gasteiger partial charge in [0.25, 0.3) is 0 Å². The second kappa shape index (κ2) is 4.13. The third-order valence-corrected chi connectivity index (χ3v) is 1.72. The SMILES string of the molecule is COC(=O)c1nn(CC(C)C)cc1N. The van der Waals surface area contributed by atoms with Crippen molar-refractivity contribution in [2.24, 2.45) is 5.92 Å². The molecule has 0 fully saturated rings. The van der Waals surface area contributed by atoms with Gasteiger partial charge in [-0.2, -0.15) is 5.10 Å². The number of nitrogen functional groups attached to an aromatic ring is 1. The van der Waals surface area contributed by atoms with E-state index in [9.17, 15) is 4.79 Å². The fourth-order valence-electron chi connectivity index (χ4n) is 1.16. The first-order chi connectivity index (χ1) is 6.54. The average Bonchev–Trinajstić information content (AvgIpc) is 2.44. The minimum Gasteiger partial charge on any atom is -0.464 e.